The van der Waals surface area contributed by atoms with Crippen molar-refractivity contribution in [1.29, 1.82) is 0 Å². The molecular formula is C15H24N4. The maximum absolute atomic E-state index is 5.96. The molecule has 2 heterocycles. The molecule has 2 unspecified atom stereocenters. The van der Waals surface area contributed by atoms with Crippen LogP contribution in [0.3, 0.4) is 0 Å². The van der Waals surface area contributed by atoms with E-state index in [0.29, 0.717) is 11.9 Å². The van der Waals surface area contributed by atoms with Crippen LogP contribution in [0.5, 0.6) is 0 Å². The molecule has 3 rings (SSSR count). The molecule has 0 bridgehead atoms. The number of aryl methyl sites for hydroxylation is 1. The molecule has 4 heteroatoms. The molecule has 0 spiro atoms. The van der Waals surface area contributed by atoms with E-state index < -0.39 is 0 Å². The van der Waals surface area contributed by atoms with Crippen LogP contribution >= 0.6 is 0 Å². The van der Waals surface area contributed by atoms with Gasteiger partial charge in [-0.25, -0.2) is 9.97 Å². The van der Waals surface area contributed by atoms with Gasteiger partial charge >= 0.3 is 0 Å². The second-order valence-electron chi connectivity index (χ2n) is 5.91. The van der Waals surface area contributed by atoms with Gasteiger partial charge in [0.1, 0.15) is 17.5 Å². The molecule has 1 aromatic heterocycles. The molecule has 0 aromatic carbocycles. The molecule has 19 heavy (non-hydrogen) atoms. The van der Waals surface area contributed by atoms with Crippen molar-refractivity contribution in [3.63, 3.8) is 0 Å². The molecule has 4 nitrogen and oxygen atoms in total. The van der Waals surface area contributed by atoms with Gasteiger partial charge in [0.25, 0.3) is 0 Å². The zero-order chi connectivity index (χ0) is 13.2. The van der Waals surface area contributed by atoms with E-state index >= 15 is 0 Å². The van der Waals surface area contributed by atoms with E-state index in [0.717, 1.165) is 36.9 Å². The minimum Gasteiger partial charge on any atom is -0.384 e. The topological polar surface area (TPSA) is 55.0 Å². The molecule has 2 N–H and O–H groups in total. The van der Waals surface area contributed by atoms with Crippen molar-refractivity contribution in [3.8, 4) is 0 Å². The van der Waals surface area contributed by atoms with Gasteiger partial charge in [0.05, 0.1) is 0 Å². The Balaban J connectivity index is 1.87. The first-order valence-electron chi connectivity index (χ1n) is 7.68. The van der Waals surface area contributed by atoms with E-state index in [9.17, 15) is 0 Å². The average molecular weight is 260 g/mol. The van der Waals surface area contributed by atoms with Gasteiger partial charge < -0.3 is 10.6 Å². The molecule has 2 aliphatic rings. The van der Waals surface area contributed by atoms with Gasteiger partial charge in [0, 0.05) is 25.1 Å². The van der Waals surface area contributed by atoms with Crippen molar-refractivity contribution in [2.24, 2.45) is 5.92 Å². The van der Waals surface area contributed by atoms with Gasteiger partial charge in [-0.15, -0.1) is 0 Å². The number of hydrogen-bond donors (Lipinski definition) is 1. The van der Waals surface area contributed by atoms with E-state index in [1.54, 1.807) is 0 Å². The third kappa shape index (κ3) is 2.53. The summed E-state index contributed by atoms with van der Waals surface area (Å²) < 4.78 is 0. The van der Waals surface area contributed by atoms with Gasteiger partial charge in [0.15, 0.2) is 0 Å². The molecule has 0 amide bonds. The van der Waals surface area contributed by atoms with Gasteiger partial charge in [-0.05, 0) is 38.0 Å². The van der Waals surface area contributed by atoms with Crippen molar-refractivity contribution < 1.29 is 0 Å². The van der Waals surface area contributed by atoms with Gasteiger partial charge in [-0.3, -0.25) is 0 Å². The highest BCUT2D eigenvalue weighted by molar-refractivity contribution is 5.48. The number of piperidine rings is 1. The zero-order valence-electron chi connectivity index (χ0n) is 11.8. The molecule has 104 valence electrons. The van der Waals surface area contributed by atoms with Crippen molar-refractivity contribution in [2.75, 3.05) is 17.2 Å². The van der Waals surface area contributed by atoms with E-state index in [4.69, 9.17) is 10.7 Å². The number of rotatable bonds is 3. The van der Waals surface area contributed by atoms with Crippen LogP contribution in [-0.4, -0.2) is 22.6 Å². The van der Waals surface area contributed by atoms with Crippen molar-refractivity contribution in [1.82, 2.24) is 9.97 Å². The third-order valence-corrected chi connectivity index (χ3v) is 4.54. The second-order valence-corrected chi connectivity index (χ2v) is 5.91. The predicted molar refractivity (Wildman–Crippen MR) is 78.1 cm³/mol. The van der Waals surface area contributed by atoms with Crippen LogP contribution in [0.25, 0.3) is 0 Å². The van der Waals surface area contributed by atoms with Gasteiger partial charge in [-0.1, -0.05) is 13.3 Å². The first-order valence-corrected chi connectivity index (χ1v) is 7.68. The second kappa shape index (κ2) is 5.35. The summed E-state index contributed by atoms with van der Waals surface area (Å²) >= 11 is 0. The van der Waals surface area contributed by atoms with Crippen LogP contribution in [0.15, 0.2) is 6.07 Å². The van der Waals surface area contributed by atoms with E-state index in [2.05, 4.69) is 16.8 Å². The maximum atomic E-state index is 5.96. The SMILES string of the molecule is CCCc1nc(N)cc(N2CCCC3CCCC32)n1. The number of aromatic nitrogens is 2. The first kappa shape index (κ1) is 12.7. The Bertz CT molecular complexity index is 446. The summed E-state index contributed by atoms with van der Waals surface area (Å²) in [5, 5.41) is 0. The van der Waals surface area contributed by atoms with Crippen LogP contribution in [0, 0.1) is 5.92 Å². The van der Waals surface area contributed by atoms with Gasteiger partial charge in [-0.2, -0.15) is 0 Å². The number of nitrogen functional groups attached to an aromatic ring is 1. The Morgan fingerprint density at radius 2 is 2.11 bits per heavy atom. The number of nitrogens with zero attached hydrogens (tertiary/aromatic N) is 3. The van der Waals surface area contributed by atoms with E-state index in [1.807, 2.05) is 6.07 Å². The fourth-order valence-electron chi connectivity index (χ4n) is 3.72. The standard InChI is InChI=1S/C15H24N4/c1-2-5-14-17-13(16)10-15(18-14)19-9-4-7-11-6-3-8-12(11)19/h10-12H,2-9H2,1H3,(H2,16,17,18). The molecule has 1 saturated heterocycles. The van der Waals surface area contributed by atoms with Crippen molar-refractivity contribution in [3.05, 3.63) is 11.9 Å². The third-order valence-electron chi connectivity index (χ3n) is 4.54. The Hall–Kier alpha value is -1.32. The first-order chi connectivity index (χ1) is 9.28. The minimum atomic E-state index is 0.619. The predicted octanol–water partition coefficient (Wildman–Crippen LogP) is 2.78. The quantitative estimate of drug-likeness (QED) is 0.908. The van der Waals surface area contributed by atoms with Crippen LogP contribution in [0.4, 0.5) is 11.6 Å². The normalized spacial score (nSPS) is 26.5. The van der Waals surface area contributed by atoms with Crippen LogP contribution in [0.2, 0.25) is 0 Å². The summed E-state index contributed by atoms with van der Waals surface area (Å²) in [5.74, 6) is 3.46. The van der Waals surface area contributed by atoms with Crippen molar-refractivity contribution >= 4 is 11.6 Å². The lowest BCUT2D eigenvalue weighted by Gasteiger charge is -2.38. The largest absolute Gasteiger partial charge is 0.384 e. The van der Waals surface area contributed by atoms with Crippen molar-refractivity contribution in [2.45, 2.75) is 57.9 Å². The van der Waals surface area contributed by atoms with Crippen LogP contribution in [0.1, 0.15) is 51.3 Å². The molecule has 0 radical (unpaired) electrons. The summed E-state index contributed by atoms with van der Waals surface area (Å²) in [4.78, 5) is 11.6. The number of fused-ring (bicyclic) bond motifs is 1. The highest BCUT2D eigenvalue weighted by atomic mass is 15.2. The molecule has 2 atom stereocenters. The Kier molecular flexibility index (Phi) is 3.58. The summed E-state index contributed by atoms with van der Waals surface area (Å²) in [5.41, 5.74) is 5.96. The lowest BCUT2D eigenvalue weighted by Crippen LogP contribution is -2.43. The lowest BCUT2D eigenvalue weighted by molar-refractivity contribution is 0.360. The van der Waals surface area contributed by atoms with Crippen LogP contribution < -0.4 is 10.6 Å². The summed E-state index contributed by atoms with van der Waals surface area (Å²) in [6, 6.07) is 2.65. The molecule has 2 fully saturated rings. The van der Waals surface area contributed by atoms with Crippen LogP contribution in [-0.2, 0) is 6.42 Å². The monoisotopic (exact) mass is 260 g/mol. The highest BCUT2D eigenvalue weighted by Gasteiger charge is 2.35. The number of hydrogen-bond acceptors (Lipinski definition) is 4. The van der Waals surface area contributed by atoms with Gasteiger partial charge in [0.2, 0.25) is 0 Å². The zero-order valence-corrected chi connectivity index (χ0v) is 11.8. The Labute approximate surface area is 115 Å². The fraction of sp³-hybridized carbons (Fsp3) is 0.733. The fourth-order valence-corrected chi connectivity index (χ4v) is 3.72. The molecular weight excluding hydrogens is 236 g/mol. The molecule has 1 saturated carbocycles. The molecule has 1 aliphatic heterocycles. The summed E-state index contributed by atoms with van der Waals surface area (Å²) in [6.07, 6.45) is 8.74. The molecule has 1 aromatic rings. The Morgan fingerprint density at radius 3 is 2.95 bits per heavy atom. The number of nitrogens with two attached hydrogens (primary N) is 1. The summed E-state index contributed by atoms with van der Waals surface area (Å²) in [6.45, 7) is 3.28. The average Bonchev–Trinajstić information content (AvgIpc) is 2.86. The maximum Gasteiger partial charge on any atom is 0.134 e. The lowest BCUT2D eigenvalue weighted by atomic mass is 9.92. The highest BCUT2D eigenvalue weighted by Crippen LogP contribution is 2.38. The van der Waals surface area contributed by atoms with E-state index in [-0.39, 0.29) is 0 Å². The summed E-state index contributed by atoms with van der Waals surface area (Å²) in [7, 11) is 0. The molecule has 1 aliphatic carbocycles. The smallest absolute Gasteiger partial charge is 0.134 e. The number of anilines is 2. The van der Waals surface area contributed by atoms with E-state index in [1.165, 1.54) is 32.1 Å². The minimum absolute atomic E-state index is 0.619. The Morgan fingerprint density at radius 1 is 1.26 bits per heavy atom.